The second-order valence-corrected chi connectivity index (χ2v) is 10.3. The Labute approximate surface area is 154 Å². The smallest absolute Gasteiger partial charge is 0.168 e. The van der Waals surface area contributed by atoms with Gasteiger partial charge in [-0.2, -0.15) is 0 Å². The number of ketones is 2. The van der Waals surface area contributed by atoms with E-state index >= 15 is 0 Å². The summed E-state index contributed by atoms with van der Waals surface area (Å²) < 4.78 is 0. The lowest BCUT2D eigenvalue weighted by Gasteiger charge is -2.69. The summed E-state index contributed by atoms with van der Waals surface area (Å²) in [5.74, 6) is 0.190. The van der Waals surface area contributed by atoms with Crippen LogP contribution in [0.15, 0.2) is 0 Å². The summed E-state index contributed by atoms with van der Waals surface area (Å²) >= 11 is 6.08. The molecule has 140 valence electrons. The third kappa shape index (κ3) is 1.97. The molecule has 0 unspecified atom stereocenters. The molecule has 1 spiro atoms. The highest BCUT2D eigenvalue weighted by atomic mass is 35.5. The van der Waals surface area contributed by atoms with Gasteiger partial charge in [-0.05, 0) is 49.4 Å². The van der Waals surface area contributed by atoms with Gasteiger partial charge in [-0.3, -0.25) is 9.59 Å². The quantitative estimate of drug-likeness (QED) is 0.698. The van der Waals surface area contributed by atoms with Crippen LogP contribution >= 0.6 is 11.6 Å². The molecule has 0 aliphatic heterocycles. The van der Waals surface area contributed by atoms with Crippen molar-refractivity contribution in [2.45, 2.75) is 71.0 Å². The van der Waals surface area contributed by atoms with Gasteiger partial charge in [-0.25, -0.2) is 0 Å². The Morgan fingerprint density at radius 2 is 1.84 bits per heavy atom. The van der Waals surface area contributed by atoms with E-state index in [0.29, 0.717) is 31.5 Å². The van der Waals surface area contributed by atoms with E-state index in [1.807, 2.05) is 0 Å². The van der Waals surface area contributed by atoms with Crippen molar-refractivity contribution in [3.8, 4) is 0 Å². The summed E-state index contributed by atoms with van der Waals surface area (Å²) in [5, 5.41) is 21.6. The minimum Gasteiger partial charge on any atom is -0.388 e. The first-order valence-corrected chi connectivity index (χ1v) is 10.1. The van der Waals surface area contributed by atoms with Crippen molar-refractivity contribution >= 4 is 23.2 Å². The zero-order chi connectivity index (χ0) is 18.4. The number of halogens is 1. The Balaban J connectivity index is 1.81. The van der Waals surface area contributed by atoms with Crippen molar-refractivity contribution in [3.63, 3.8) is 0 Å². The van der Waals surface area contributed by atoms with Gasteiger partial charge < -0.3 is 10.2 Å². The number of alkyl halides is 1. The summed E-state index contributed by atoms with van der Waals surface area (Å²) in [6.45, 7) is 6.36. The van der Waals surface area contributed by atoms with Crippen LogP contribution in [0.1, 0.15) is 59.3 Å². The van der Waals surface area contributed by atoms with Crippen LogP contribution in [-0.2, 0) is 9.59 Å². The molecule has 0 aromatic rings. The molecule has 0 amide bonds. The lowest BCUT2D eigenvalue weighted by atomic mass is 9.35. The Morgan fingerprint density at radius 1 is 1.16 bits per heavy atom. The van der Waals surface area contributed by atoms with E-state index in [2.05, 4.69) is 20.8 Å². The zero-order valence-electron chi connectivity index (χ0n) is 15.3. The van der Waals surface area contributed by atoms with Crippen LogP contribution < -0.4 is 0 Å². The summed E-state index contributed by atoms with van der Waals surface area (Å²) in [4.78, 5) is 25.7. The number of hydrogen-bond acceptors (Lipinski definition) is 4. The van der Waals surface area contributed by atoms with Crippen molar-refractivity contribution < 1.29 is 19.8 Å². The number of hydrogen-bond donors (Lipinski definition) is 2. The second-order valence-electron chi connectivity index (χ2n) is 10.0. The topological polar surface area (TPSA) is 74.6 Å². The van der Waals surface area contributed by atoms with E-state index in [9.17, 15) is 19.8 Å². The molecule has 2 N–H and O–H groups in total. The van der Waals surface area contributed by atoms with Gasteiger partial charge in [0.15, 0.2) is 5.78 Å². The number of fused-ring (bicyclic) bond motifs is 3. The molecular formula is C20H29ClO4. The van der Waals surface area contributed by atoms with Crippen LogP contribution in [0, 0.1) is 34.0 Å². The molecule has 5 aliphatic carbocycles. The zero-order valence-corrected chi connectivity index (χ0v) is 16.1. The van der Waals surface area contributed by atoms with Gasteiger partial charge in [0.05, 0.1) is 11.5 Å². The van der Waals surface area contributed by atoms with Gasteiger partial charge in [0.25, 0.3) is 0 Å². The predicted molar refractivity (Wildman–Crippen MR) is 94.2 cm³/mol. The van der Waals surface area contributed by atoms with Gasteiger partial charge in [-0.1, -0.05) is 20.8 Å². The van der Waals surface area contributed by atoms with E-state index in [1.54, 1.807) is 0 Å². The molecular weight excluding hydrogens is 340 g/mol. The predicted octanol–water partition coefficient (Wildman–Crippen LogP) is 2.72. The average Bonchev–Trinajstić information content (AvgIpc) is 2.55. The van der Waals surface area contributed by atoms with Crippen LogP contribution in [0.25, 0.3) is 0 Å². The molecule has 5 fully saturated rings. The molecule has 2 bridgehead atoms. The number of carbonyl (C=O) groups excluding carboxylic acids is 2. The number of Topliss-reactive ketones (excluding diaryl/α,β-unsaturated/α-hetero) is 2. The molecule has 5 saturated carbocycles. The van der Waals surface area contributed by atoms with Crippen molar-refractivity contribution in [2.24, 2.45) is 34.0 Å². The number of aliphatic hydroxyl groups is 2. The molecule has 25 heavy (non-hydrogen) atoms. The van der Waals surface area contributed by atoms with Crippen LogP contribution in [0.5, 0.6) is 0 Å². The third-order valence-electron chi connectivity index (χ3n) is 8.79. The maximum Gasteiger partial charge on any atom is 0.168 e. The van der Waals surface area contributed by atoms with Crippen LogP contribution in [0.3, 0.4) is 0 Å². The number of rotatable bonds is 1. The highest BCUT2D eigenvalue weighted by molar-refractivity contribution is 6.18. The van der Waals surface area contributed by atoms with Crippen LogP contribution in [-0.4, -0.2) is 39.4 Å². The molecule has 5 aliphatic rings. The van der Waals surface area contributed by atoms with Gasteiger partial charge >= 0.3 is 0 Å². The highest BCUT2D eigenvalue weighted by Gasteiger charge is 2.72. The molecule has 0 aromatic carbocycles. The maximum absolute atomic E-state index is 13.1. The monoisotopic (exact) mass is 368 g/mol. The van der Waals surface area contributed by atoms with E-state index in [-0.39, 0.29) is 34.3 Å². The Morgan fingerprint density at radius 3 is 2.48 bits per heavy atom. The maximum atomic E-state index is 13.1. The third-order valence-corrected chi connectivity index (χ3v) is 9.25. The van der Waals surface area contributed by atoms with E-state index in [1.165, 1.54) is 0 Å². The van der Waals surface area contributed by atoms with Crippen molar-refractivity contribution in [3.05, 3.63) is 0 Å². The van der Waals surface area contributed by atoms with Crippen LogP contribution in [0.2, 0.25) is 0 Å². The molecule has 4 nitrogen and oxygen atoms in total. The van der Waals surface area contributed by atoms with Crippen molar-refractivity contribution in [1.29, 1.82) is 0 Å². The average molecular weight is 369 g/mol. The molecule has 0 saturated heterocycles. The molecule has 0 heterocycles. The number of carbonyl (C=O) groups is 2. The minimum atomic E-state index is -1.16. The summed E-state index contributed by atoms with van der Waals surface area (Å²) in [5.41, 5.74) is -2.30. The Kier molecular flexibility index (Phi) is 3.65. The van der Waals surface area contributed by atoms with Gasteiger partial charge in [0.1, 0.15) is 11.9 Å². The lowest BCUT2D eigenvalue weighted by Crippen LogP contribution is -2.73. The van der Waals surface area contributed by atoms with Crippen molar-refractivity contribution in [2.75, 3.05) is 5.88 Å². The normalized spacial score (nSPS) is 54.2. The van der Waals surface area contributed by atoms with Crippen LogP contribution in [0.4, 0.5) is 0 Å². The highest BCUT2D eigenvalue weighted by Crippen LogP contribution is 2.71. The fourth-order valence-electron chi connectivity index (χ4n) is 7.50. The minimum absolute atomic E-state index is 0.0561. The SMILES string of the molecule is CC1(C)C(=O)CC[C@]2(C)[C@@H]1CC[C@]13C[C@](O)(CCl)[C@H](C[C@H]12)[C@H](O)C3=O. The standard InChI is InChI=1S/C20H29ClO4/c1-17(2)12-4-7-19-9-20(25,10-21)11(15(23)16(19)24)8-13(19)18(12,3)6-5-14(17)22/h11-13,15,23,25H,4-10H2,1-3H3/t11-,12-,13+,15+,18-,19+,20+/m1/s1. The number of aliphatic hydroxyl groups excluding tert-OH is 1. The lowest BCUT2D eigenvalue weighted by molar-refractivity contribution is -0.239. The van der Waals surface area contributed by atoms with E-state index in [0.717, 1.165) is 12.8 Å². The molecule has 7 atom stereocenters. The first kappa shape index (κ1) is 17.9. The second kappa shape index (κ2) is 5.08. The summed E-state index contributed by atoms with van der Waals surface area (Å²) in [6.07, 6.45) is 2.71. The summed E-state index contributed by atoms with van der Waals surface area (Å²) in [7, 11) is 0. The van der Waals surface area contributed by atoms with Gasteiger partial charge in [0, 0.05) is 23.2 Å². The Bertz CT molecular complexity index is 646. The van der Waals surface area contributed by atoms with E-state index in [4.69, 9.17) is 11.6 Å². The molecule has 0 aromatic heterocycles. The molecule has 5 rings (SSSR count). The Hall–Kier alpha value is -0.450. The first-order valence-electron chi connectivity index (χ1n) is 9.57. The van der Waals surface area contributed by atoms with Gasteiger partial charge in [-0.15, -0.1) is 11.6 Å². The van der Waals surface area contributed by atoms with E-state index < -0.39 is 23.0 Å². The summed E-state index contributed by atoms with van der Waals surface area (Å²) in [6, 6.07) is 0. The fourth-order valence-corrected chi connectivity index (χ4v) is 7.79. The molecule has 0 radical (unpaired) electrons. The fraction of sp³-hybridized carbons (Fsp3) is 0.900. The van der Waals surface area contributed by atoms with Crippen molar-refractivity contribution in [1.82, 2.24) is 0 Å². The molecule has 5 heteroatoms. The van der Waals surface area contributed by atoms with Gasteiger partial charge in [0.2, 0.25) is 0 Å². The first-order chi connectivity index (χ1) is 11.5. The largest absolute Gasteiger partial charge is 0.388 e.